The Morgan fingerprint density at radius 3 is 2.64 bits per heavy atom. The summed E-state index contributed by atoms with van der Waals surface area (Å²) in [6.45, 7) is 9.38. The first kappa shape index (κ1) is 16.2. The second kappa shape index (κ2) is 7.76. The minimum atomic E-state index is 0.246. The largest absolute Gasteiger partial charge is 0.489 e. The van der Waals surface area contributed by atoms with Crippen molar-refractivity contribution in [2.45, 2.75) is 26.4 Å². The van der Waals surface area contributed by atoms with Gasteiger partial charge < -0.3 is 4.74 Å². The predicted molar refractivity (Wildman–Crippen MR) is 90.9 cm³/mol. The molecule has 0 spiro atoms. The highest BCUT2D eigenvalue weighted by Gasteiger charge is 2.14. The molecule has 0 saturated heterocycles. The van der Waals surface area contributed by atoms with Crippen molar-refractivity contribution in [3.05, 3.63) is 72.1 Å². The van der Waals surface area contributed by atoms with E-state index in [1.807, 2.05) is 43.5 Å². The van der Waals surface area contributed by atoms with Crippen LogP contribution in [0.3, 0.4) is 0 Å². The van der Waals surface area contributed by atoms with E-state index >= 15 is 0 Å². The average molecular weight is 296 g/mol. The summed E-state index contributed by atoms with van der Waals surface area (Å²) >= 11 is 0. The van der Waals surface area contributed by atoms with Gasteiger partial charge in [0.1, 0.15) is 12.4 Å². The summed E-state index contributed by atoms with van der Waals surface area (Å²) in [7, 11) is 2.11. The molecule has 0 bridgehead atoms. The third kappa shape index (κ3) is 4.43. The molecule has 0 amide bonds. The number of hydrogen-bond donors (Lipinski definition) is 0. The maximum absolute atomic E-state index is 5.84. The molecule has 2 aromatic rings. The molecule has 0 N–H and O–H groups in total. The lowest BCUT2D eigenvalue weighted by molar-refractivity contribution is 0.243. The molecule has 116 valence electrons. The molecule has 0 saturated carbocycles. The molecular formula is C19H24N2O. The summed E-state index contributed by atoms with van der Waals surface area (Å²) < 4.78 is 5.84. The van der Waals surface area contributed by atoms with Gasteiger partial charge in [-0.25, -0.2) is 0 Å². The zero-order chi connectivity index (χ0) is 15.9. The van der Waals surface area contributed by atoms with Crippen molar-refractivity contribution >= 4 is 0 Å². The molecule has 2 rings (SSSR count). The van der Waals surface area contributed by atoms with E-state index in [2.05, 4.69) is 42.6 Å². The number of nitrogens with zero attached hydrogens (tertiary/aromatic N) is 2. The normalized spacial score (nSPS) is 12.2. The Morgan fingerprint density at radius 1 is 1.23 bits per heavy atom. The van der Waals surface area contributed by atoms with E-state index in [-0.39, 0.29) is 6.04 Å². The van der Waals surface area contributed by atoms with Crippen molar-refractivity contribution in [2.24, 2.45) is 0 Å². The van der Waals surface area contributed by atoms with Crippen LogP contribution in [0.2, 0.25) is 0 Å². The minimum Gasteiger partial charge on any atom is -0.489 e. The van der Waals surface area contributed by atoms with Gasteiger partial charge in [0.2, 0.25) is 0 Å². The quantitative estimate of drug-likeness (QED) is 0.715. The standard InChI is InChI=1S/C19H24N2O/c1-15(2)14-22-19-11-6-5-9-17(19)13-21(4)16(3)18-10-7-8-12-20-18/h5-12,16H,1,13-14H2,2-4H3. The molecule has 0 aliphatic carbocycles. The molecule has 0 aliphatic rings. The third-order valence-corrected chi connectivity index (χ3v) is 3.64. The number of ether oxygens (including phenoxy) is 1. The predicted octanol–water partition coefficient (Wildman–Crippen LogP) is 4.23. The molecule has 1 aromatic carbocycles. The summed E-state index contributed by atoms with van der Waals surface area (Å²) in [6.07, 6.45) is 1.84. The van der Waals surface area contributed by atoms with Gasteiger partial charge in [0.15, 0.2) is 0 Å². The van der Waals surface area contributed by atoms with Crippen LogP contribution in [0, 0.1) is 0 Å². The van der Waals surface area contributed by atoms with Crippen molar-refractivity contribution in [3.8, 4) is 5.75 Å². The molecule has 1 unspecified atom stereocenters. The van der Waals surface area contributed by atoms with Crippen molar-refractivity contribution in [1.29, 1.82) is 0 Å². The minimum absolute atomic E-state index is 0.246. The highest BCUT2D eigenvalue weighted by atomic mass is 16.5. The summed E-state index contributed by atoms with van der Waals surface area (Å²) in [5, 5.41) is 0. The number of benzene rings is 1. The molecule has 0 aliphatic heterocycles. The van der Waals surface area contributed by atoms with E-state index in [0.29, 0.717) is 6.61 Å². The Balaban J connectivity index is 2.08. The van der Waals surface area contributed by atoms with E-state index in [1.165, 1.54) is 5.56 Å². The van der Waals surface area contributed by atoms with Crippen LogP contribution < -0.4 is 4.74 Å². The number of pyridine rings is 1. The first-order valence-electron chi connectivity index (χ1n) is 7.54. The van der Waals surface area contributed by atoms with E-state index < -0.39 is 0 Å². The van der Waals surface area contributed by atoms with Gasteiger partial charge in [0, 0.05) is 24.3 Å². The van der Waals surface area contributed by atoms with E-state index in [4.69, 9.17) is 4.74 Å². The topological polar surface area (TPSA) is 25.4 Å². The summed E-state index contributed by atoms with van der Waals surface area (Å²) in [5.74, 6) is 0.922. The van der Waals surface area contributed by atoms with Crippen LogP contribution in [-0.4, -0.2) is 23.5 Å². The van der Waals surface area contributed by atoms with Crippen molar-refractivity contribution in [2.75, 3.05) is 13.7 Å². The smallest absolute Gasteiger partial charge is 0.124 e. The lowest BCUT2D eigenvalue weighted by Gasteiger charge is -2.25. The van der Waals surface area contributed by atoms with Crippen molar-refractivity contribution in [1.82, 2.24) is 9.88 Å². The number of hydrogen-bond acceptors (Lipinski definition) is 3. The first-order valence-corrected chi connectivity index (χ1v) is 7.54. The van der Waals surface area contributed by atoms with Gasteiger partial charge in [-0.3, -0.25) is 9.88 Å². The molecular weight excluding hydrogens is 272 g/mol. The number of para-hydroxylation sites is 1. The molecule has 0 fully saturated rings. The van der Waals surface area contributed by atoms with Gasteiger partial charge >= 0.3 is 0 Å². The van der Waals surface area contributed by atoms with Crippen LogP contribution in [0.1, 0.15) is 31.1 Å². The van der Waals surface area contributed by atoms with Gasteiger partial charge in [-0.1, -0.05) is 30.8 Å². The van der Waals surface area contributed by atoms with Crippen LogP contribution in [0.25, 0.3) is 0 Å². The summed E-state index contributed by atoms with van der Waals surface area (Å²) in [4.78, 5) is 6.71. The molecule has 3 heteroatoms. The Kier molecular flexibility index (Phi) is 5.73. The zero-order valence-electron chi connectivity index (χ0n) is 13.6. The average Bonchev–Trinajstić information content (AvgIpc) is 2.54. The van der Waals surface area contributed by atoms with E-state index in [1.54, 1.807) is 0 Å². The molecule has 1 atom stereocenters. The monoisotopic (exact) mass is 296 g/mol. The van der Waals surface area contributed by atoms with Crippen molar-refractivity contribution < 1.29 is 4.74 Å². The lowest BCUT2D eigenvalue weighted by atomic mass is 10.1. The van der Waals surface area contributed by atoms with Crippen LogP contribution in [0.4, 0.5) is 0 Å². The maximum Gasteiger partial charge on any atom is 0.124 e. The number of rotatable bonds is 7. The SMILES string of the molecule is C=C(C)COc1ccccc1CN(C)C(C)c1ccccn1. The van der Waals surface area contributed by atoms with Crippen LogP contribution in [0.15, 0.2) is 60.8 Å². The molecule has 1 aromatic heterocycles. The van der Waals surface area contributed by atoms with E-state index in [0.717, 1.165) is 23.6 Å². The fourth-order valence-corrected chi connectivity index (χ4v) is 2.23. The third-order valence-electron chi connectivity index (χ3n) is 3.64. The Hall–Kier alpha value is -2.13. The van der Waals surface area contributed by atoms with Gasteiger partial charge in [-0.2, -0.15) is 0 Å². The highest BCUT2D eigenvalue weighted by Crippen LogP contribution is 2.24. The van der Waals surface area contributed by atoms with Crippen LogP contribution in [-0.2, 0) is 6.54 Å². The van der Waals surface area contributed by atoms with E-state index in [9.17, 15) is 0 Å². The molecule has 1 heterocycles. The van der Waals surface area contributed by atoms with Crippen LogP contribution >= 0.6 is 0 Å². The summed E-state index contributed by atoms with van der Waals surface area (Å²) in [5.41, 5.74) is 3.27. The lowest BCUT2D eigenvalue weighted by Crippen LogP contribution is -2.23. The maximum atomic E-state index is 5.84. The second-order valence-electron chi connectivity index (χ2n) is 5.70. The Bertz CT molecular complexity index is 610. The van der Waals surface area contributed by atoms with Gasteiger partial charge in [0.25, 0.3) is 0 Å². The molecule has 3 nitrogen and oxygen atoms in total. The fourth-order valence-electron chi connectivity index (χ4n) is 2.23. The van der Waals surface area contributed by atoms with Crippen molar-refractivity contribution in [3.63, 3.8) is 0 Å². The second-order valence-corrected chi connectivity index (χ2v) is 5.70. The fraction of sp³-hybridized carbons (Fsp3) is 0.316. The summed E-state index contributed by atoms with van der Waals surface area (Å²) in [6, 6.07) is 14.4. The highest BCUT2D eigenvalue weighted by molar-refractivity contribution is 5.33. The van der Waals surface area contributed by atoms with Gasteiger partial charge in [-0.05, 0) is 44.7 Å². The molecule has 0 radical (unpaired) electrons. The Labute approximate surface area is 133 Å². The Morgan fingerprint density at radius 2 is 1.95 bits per heavy atom. The van der Waals surface area contributed by atoms with Gasteiger partial charge in [0.05, 0.1) is 5.69 Å². The van der Waals surface area contributed by atoms with Crippen LogP contribution in [0.5, 0.6) is 5.75 Å². The number of aromatic nitrogens is 1. The zero-order valence-corrected chi connectivity index (χ0v) is 13.6. The molecule has 22 heavy (non-hydrogen) atoms. The van der Waals surface area contributed by atoms with Gasteiger partial charge in [-0.15, -0.1) is 0 Å². The first-order chi connectivity index (χ1) is 10.6.